The van der Waals surface area contributed by atoms with Crippen molar-refractivity contribution in [3.63, 3.8) is 0 Å². The van der Waals surface area contributed by atoms with Crippen molar-refractivity contribution in [1.29, 1.82) is 0 Å². The standard InChI is InChI=1S/C26H31N3O2/c1-26(2,3)31-25(30)29-15-7-14-28(16-17-29)19-22-11-10-21-18-27-13-12-23(21)24(22)20-8-5-4-6-9-20/h4-6,8-13,18H,7,14-17,19H2,1-3H3. The maximum absolute atomic E-state index is 12.5. The van der Waals surface area contributed by atoms with Gasteiger partial charge in [-0.05, 0) is 55.3 Å². The minimum atomic E-state index is -0.465. The molecule has 1 aliphatic rings. The Bertz CT molecular complexity index is 1040. The first-order valence-corrected chi connectivity index (χ1v) is 11.0. The molecule has 0 saturated carbocycles. The molecule has 2 heterocycles. The van der Waals surface area contributed by atoms with E-state index in [2.05, 4.69) is 58.4 Å². The quantitative estimate of drug-likeness (QED) is 0.577. The number of benzene rings is 2. The molecule has 1 saturated heterocycles. The summed E-state index contributed by atoms with van der Waals surface area (Å²) in [4.78, 5) is 21.1. The Hall–Kier alpha value is -2.92. The summed E-state index contributed by atoms with van der Waals surface area (Å²) in [7, 11) is 0. The molecular weight excluding hydrogens is 386 g/mol. The van der Waals surface area contributed by atoms with Gasteiger partial charge in [0.1, 0.15) is 5.60 Å². The zero-order valence-corrected chi connectivity index (χ0v) is 18.7. The third kappa shape index (κ3) is 5.23. The number of fused-ring (bicyclic) bond motifs is 1. The Morgan fingerprint density at radius 1 is 1.00 bits per heavy atom. The van der Waals surface area contributed by atoms with Crippen LogP contribution in [0.4, 0.5) is 4.79 Å². The molecule has 0 unspecified atom stereocenters. The van der Waals surface area contributed by atoms with E-state index in [4.69, 9.17) is 4.74 Å². The van der Waals surface area contributed by atoms with E-state index >= 15 is 0 Å². The molecule has 1 amide bonds. The Morgan fingerprint density at radius 3 is 2.58 bits per heavy atom. The molecule has 1 fully saturated rings. The number of carbonyl (C=O) groups excluding carboxylic acids is 1. The number of pyridine rings is 1. The van der Waals surface area contributed by atoms with Gasteiger partial charge in [-0.25, -0.2) is 4.79 Å². The van der Waals surface area contributed by atoms with Crippen LogP contribution in [0.25, 0.3) is 21.9 Å². The van der Waals surface area contributed by atoms with Crippen LogP contribution in [0.1, 0.15) is 32.8 Å². The summed E-state index contributed by atoms with van der Waals surface area (Å²) in [5, 5.41) is 2.38. The number of amides is 1. The van der Waals surface area contributed by atoms with Gasteiger partial charge in [0.15, 0.2) is 0 Å². The third-order valence-electron chi connectivity index (χ3n) is 5.60. The molecular formula is C26H31N3O2. The van der Waals surface area contributed by atoms with E-state index in [0.717, 1.165) is 38.0 Å². The number of hydrogen-bond donors (Lipinski definition) is 0. The van der Waals surface area contributed by atoms with Crippen LogP contribution >= 0.6 is 0 Å². The van der Waals surface area contributed by atoms with E-state index in [-0.39, 0.29) is 6.09 Å². The number of nitrogens with zero attached hydrogens (tertiary/aromatic N) is 3. The Kier molecular flexibility index (Phi) is 6.23. The molecule has 1 aromatic heterocycles. The van der Waals surface area contributed by atoms with Gasteiger partial charge < -0.3 is 9.64 Å². The lowest BCUT2D eigenvalue weighted by molar-refractivity contribution is 0.0257. The minimum absolute atomic E-state index is 0.211. The van der Waals surface area contributed by atoms with Gasteiger partial charge in [-0.3, -0.25) is 9.88 Å². The smallest absolute Gasteiger partial charge is 0.410 e. The lowest BCUT2D eigenvalue weighted by atomic mass is 9.94. The molecule has 2 aromatic carbocycles. The number of carbonyl (C=O) groups is 1. The lowest BCUT2D eigenvalue weighted by Crippen LogP contribution is -2.39. The minimum Gasteiger partial charge on any atom is -0.444 e. The maximum atomic E-state index is 12.5. The van der Waals surface area contributed by atoms with E-state index < -0.39 is 5.60 Å². The number of ether oxygens (including phenoxy) is 1. The van der Waals surface area contributed by atoms with Crippen molar-refractivity contribution in [2.24, 2.45) is 0 Å². The monoisotopic (exact) mass is 417 g/mol. The topological polar surface area (TPSA) is 45.7 Å². The lowest BCUT2D eigenvalue weighted by Gasteiger charge is -2.26. The first-order valence-electron chi connectivity index (χ1n) is 11.0. The average molecular weight is 418 g/mol. The predicted octanol–water partition coefficient (Wildman–Crippen LogP) is 5.34. The van der Waals surface area contributed by atoms with Crippen molar-refractivity contribution >= 4 is 16.9 Å². The molecule has 1 aliphatic heterocycles. The second-order valence-corrected chi connectivity index (χ2v) is 9.16. The summed E-state index contributed by atoms with van der Waals surface area (Å²) in [5.74, 6) is 0. The van der Waals surface area contributed by atoms with Gasteiger partial charge in [0, 0.05) is 50.5 Å². The summed E-state index contributed by atoms with van der Waals surface area (Å²) in [6, 6.07) is 17.1. The summed E-state index contributed by atoms with van der Waals surface area (Å²) in [6.07, 6.45) is 4.52. The van der Waals surface area contributed by atoms with Crippen LogP contribution in [0, 0.1) is 0 Å². The van der Waals surface area contributed by atoms with E-state index in [9.17, 15) is 4.79 Å². The van der Waals surface area contributed by atoms with Gasteiger partial charge >= 0.3 is 6.09 Å². The van der Waals surface area contributed by atoms with Crippen LogP contribution in [-0.4, -0.2) is 52.7 Å². The Balaban J connectivity index is 1.56. The average Bonchev–Trinajstić information content (AvgIpc) is 2.99. The molecule has 162 valence electrons. The van der Waals surface area contributed by atoms with Gasteiger partial charge in [-0.15, -0.1) is 0 Å². The van der Waals surface area contributed by atoms with Crippen LogP contribution in [0.5, 0.6) is 0 Å². The number of aromatic nitrogens is 1. The first-order chi connectivity index (χ1) is 14.9. The zero-order chi connectivity index (χ0) is 21.8. The number of rotatable bonds is 3. The normalized spacial score (nSPS) is 15.6. The molecule has 0 aliphatic carbocycles. The fraction of sp³-hybridized carbons (Fsp3) is 0.385. The Morgan fingerprint density at radius 2 is 1.81 bits per heavy atom. The molecule has 5 nitrogen and oxygen atoms in total. The van der Waals surface area contributed by atoms with E-state index in [1.165, 1.54) is 22.1 Å². The third-order valence-corrected chi connectivity index (χ3v) is 5.60. The fourth-order valence-corrected chi connectivity index (χ4v) is 4.17. The molecule has 0 spiro atoms. The first kappa shape index (κ1) is 21.3. The molecule has 0 N–H and O–H groups in total. The van der Waals surface area contributed by atoms with E-state index in [1.807, 2.05) is 38.1 Å². The van der Waals surface area contributed by atoms with Crippen molar-refractivity contribution < 1.29 is 9.53 Å². The summed E-state index contributed by atoms with van der Waals surface area (Å²) in [5.41, 5.74) is 3.33. The van der Waals surface area contributed by atoms with Crippen LogP contribution in [0.15, 0.2) is 60.9 Å². The molecule has 0 radical (unpaired) electrons. The van der Waals surface area contributed by atoms with E-state index in [0.29, 0.717) is 6.54 Å². The van der Waals surface area contributed by atoms with Crippen molar-refractivity contribution in [3.05, 3.63) is 66.5 Å². The van der Waals surface area contributed by atoms with Crippen molar-refractivity contribution in [3.8, 4) is 11.1 Å². The summed E-state index contributed by atoms with van der Waals surface area (Å²) in [6.45, 7) is 9.81. The van der Waals surface area contributed by atoms with Crippen molar-refractivity contribution in [2.45, 2.75) is 39.3 Å². The second kappa shape index (κ2) is 9.06. The van der Waals surface area contributed by atoms with Gasteiger partial charge in [0.05, 0.1) is 0 Å². The largest absolute Gasteiger partial charge is 0.444 e. The Labute approximate surface area is 184 Å². The van der Waals surface area contributed by atoms with Crippen molar-refractivity contribution in [1.82, 2.24) is 14.8 Å². The molecule has 31 heavy (non-hydrogen) atoms. The van der Waals surface area contributed by atoms with Gasteiger partial charge in [0.25, 0.3) is 0 Å². The predicted molar refractivity (Wildman–Crippen MR) is 125 cm³/mol. The highest BCUT2D eigenvalue weighted by Crippen LogP contribution is 2.32. The molecule has 4 rings (SSSR count). The molecule has 0 bridgehead atoms. The van der Waals surface area contributed by atoms with Gasteiger partial charge in [-0.1, -0.05) is 42.5 Å². The highest BCUT2D eigenvalue weighted by Gasteiger charge is 2.25. The summed E-state index contributed by atoms with van der Waals surface area (Å²) < 4.78 is 5.57. The van der Waals surface area contributed by atoms with Crippen LogP contribution in [0.2, 0.25) is 0 Å². The second-order valence-electron chi connectivity index (χ2n) is 9.16. The SMILES string of the molecule is CC(C)(C)OC(=O)N1CCCN(Cc2ccc3cnccc3c2-c2ccccc2)CC1. The van der Waals surface area contributed by atoms with Crippen LogP contribution in [0.3, 0.4) is 0 Å². The van der Waals surface area contributed by atoms with E-state index in [1.54, 1.807) is 0 Å². The zero-order valence-electron chi connectivity index (χ0n) is 18.7. The van der Waals surface area contributed by atoms with Gasteiger partial charge in [0.2, 0.25) is 0 Å². The molecule has 3 aromatic rings. The fourth-order valence-electron chi connectivity index (χ4n) is 4.17. The highest BCUT2D eigenvalue weighted by molar-refractivity contribution is 5.97. The summed E-state index contributed by atoms with van der Waals surface area (Å²) >= 11 is 0. The van der Waals surface area contributed by atoms with Gasteiger partial charge in [-0.2, -0.15) is 0 Å². The van der Waals surface area contributed by atoms with Crippen LogP contribution in [-0.2, 0) is 11.3 Å². The number of hydrogen-bond acceptors (Lipinski definition) is 4. The molecule has 5 heteroatoms. The van der Waals surface area contributed by atoms with Crippen LogP contribution < -0.4 is 0 Å². The molecule has 0 atom stereocenters. The maximum Gasteiger partial charge on any atom is 0.410 e. The highest BCUT2D eigenvalue weighted by atomic mass is 16.6. The van der Waals surface area contributed by atoms with Crippen molar-refractivity contribution in [2.75, 3.05) is 26.2 Å².